The smallest absolute Gasteiger partial charge is 0.312 e. The molecule has 1 aliphatic heterocycles. The molecule has 1 aromatic carbocycles. The number of carbonyl (C=O) groups is 1. The van der Waals surface area contributed by atoms with E-state index in [1.165, 1.54) is 0 Å². The molecule has 3 rings (SSSR count). The van der Waals surface area contributed by atoms with Crippen LogP contribution in [0.1, 0.15) is 23.6 Å². The van der Waals surface area contributed by atoms with Gasteiger partial charge in [-0.25, -0.2) is 0 Å². The molecule has 1 aliphatic rings. The third-order valence-electron chi connectivity index (χ3n) is 3.50. The number of aromatic nitrogens is 1. The van der Waals surface area contributed by atoms with Crippen molar-refractivity contribution in [3.63, 3.8) is 0 Å². The van der Waals surface area contributed by atoms with Crippen LogP contribution in [0.2, 0.25) is 0 Å². The maximum Gasteiger partial charge on any atom is 0.312 e. The van der Waals surface area contributed by atoms with Gasteiger partial charge in [0.15, 0.2) is 5.88 Å². The van der Waals surface area contributed by atoms with Crippen LogP contribution in [0, 0.1) is 0 Å². The normalized spacial score (nSPS) is 17.2. The van der Waals surface area contributed by atoms with E-state index >= 15 is 0 Å². The Kier molecular flexibility index (Phi) is 2.99. The first-order valence-corrected chi connectivity index (χ1v) is 6.34. The molecule has 19 heavy (non-hydrogen) atoms. The molecule has 1 unspecified atom stereocenters. The highest BCUT2D eigenvalue weighted by atomic mass is 16.5. The number of benzene rings is 1. The van der Waals surface area contributed by atoms with Gasteiger partial charge in [-0.2, -0.15) is 0 Å². The number of aliphatic carboxylic acids is 1. The highest BCUT2D eigenvalue weighted by Crippen LogP contribution is 2.33. The predicted molar refractivity (Wildman–Crippen MR) is 70.2 cm³/mol. The fourth-order valence-corrected chi connectivity index (χ4v) is 2.52. The SMILES string of the molecule is O=C(O)C1CCn2c(OCc3ccccc3)ccc21. The van der Waals surface area contributed by atoms with E-state index in [4.69, 9.17) is 9.84 Å². The molecular formula is C15H15NO3. The summed E-state index contributed by atoms with van der Waals surface area (Å²) >= 11 is 0. The van der Waals surface area contributed by atoms with Crippen LogP contribution in [0.15, 0.2) is 42.5 Å². The summed E-state index contributed by atoms with van der Waals surface area (Å²) < 4.78 is 7.73. The van der Waals surface area contributed by atoms with Crippen molar-refractivity contribution in [1.82, 2.24) is 4.57 Å². The number of nitrogens with zero attached hydrogens (tertiary/aromatic N) is 1. The Balaban J connectivity index is 1.74. The second kappa shape index (κ2) is 4.80. The van der Waals surface area contributed by atoms with Crippen LogP contribution >= 0.6 is 0 Å². The number of hydrogen-bond donors (Lipinski definition) is 1. The Bertz CT molecular complexity index is 589. The summed E-state index contributed by atoms with van der Waals surface area (Å²) in [6.45, 7) is 1.21. The fraction of sp³-hybridized carbons (Fsp3) is 0.267. The first-order chi connectivity index (χ1) is 9.25. The number of carboxylic acids is 1. The summed E-state index contributed by atoms with van der Waals surface area (Å²) in [6.07, 6.45) is 0.646. The Hall–Kier alpha value is -2.23. The number of rotatable bonds is 4. The molecule has 2 aromatic rings. The third kappa shape index (κ3) is 2.21. The molecule has 0 spiro atoms. The highest BCUT2D eigenvalue weighted by molar-refractivity contribution is 5.76. The van der Waals surface area contributed by atoms with Crippen LogP contribution in [0.25, 0.3) is 0 Å². The lowest BCUT2D eigenvalue weighted by Crippen LogP contribution is -2.07. The van der Waals surface area contributed by atoms with Crippen molar-refractivity contribution in [1.29, 1.82) is 0 Å². The van der Waals surface area contributed by atoms with Crippen LogP contribution in [-0.4, -0.2) is 15.6 Å². The summed E-state index contributed by atoms with van der Waals surface area (Å²) in [6, 6.07) is 13.6. The molecule has 1 atom stereocenters. The Morgan fingerprint density at radius 2 is 2.05 bits per heavy atom. The van der Waals surface area contributed by atoms with Crippen molar-refractivity contribution in [2.24, 2.45) is 0 Å². The van der Waals surface area contributed by atoms with Gasteiger partial charge in [0.05, 0.1) is 5.92 Å². The van der Waals surface area contributed by atoms with Crippen molar-refractivity contribution >= 4 is 5.97 Å². The minimum atomic E-state index is -0.758. The van der Waals surface area contributed by atoms with Gasteiger partial charge in [-0.05, 0) is 18.1 Å². The van der Waals surface area contributed by atoms with Crippen molar-refractivity contribution < 1.29 is 14.6 Å². The molecule has 4 heteroatoms. The molecule has 2 heterocycles. The van der Waals surface area contributed by atoms with Crippen LogP contribution in [-0.2, 0) is 17.9 Å². The molecule has 1 aromatic heterocycles. The summed E-state index contributed by atoms with van der Waals surface area (Å²) in [5.41, 5.74) is 1.95. The molecule has 0 saturated carbocycles. The maximum atomic E-state index is 11.1. The van der Waals surface area contributed by atoms with E-state index in [1.54, 1.807) is 0 Å². The van der Waals surface area contributed by atoms with E-state index in [0.29, 0.717) is 19.6 Å². The largest absolute Gasteiger partial charge is 0.481 e. The Morgan fingerprint density at radius 3 is 2.79 bits per heavy atom. The lowest BCUT2D eigenvalue weighted by atomic mass is 10.1. The van der Waals surface area contributed by atoms with Gasteiger partial charge >= 0.3 is 5.97 Å². The number of carboxylic acid groups (broad SMARTS) is 1. The van der Waals surface area contributed by atoms with E-state index in [0.717, 1.165) is 17.1 Å². The average Bonchev–Trinajstić information content (AvgIpc) is 2.99. The minimum Gasteiger partial charge on any atom is -0.481 e. The number of ether oxygens (including phenoxy) is 1. The van der Waals surface area contributed by atoms with Gasteiger partial charge in [0.2, 0.25) is 0 Å². The van der Waals surface area contributed by atoms with Crippen molar-refractivity contribution in [2.75, 3.05) is 0 Å². The zero-order valence-electron chi connectivity index (χ0n) is 10.5. The van der Waals surface area contributed by atoms with E-state index < -0.39 is 11.9 Å². The molecule has 0 bridgehead atoms. The summed E-state index contributed by atoms with van der Waals surface area (Å²) in [7, 11) is 0. The average molecular weight is 257 g/mol. The molecule has 1 N–H and O–H groups in total. The van der Waals surface area contributed by atoms with E-state index in [-0.39, 0.29) is 0 Å². The summed E-state index contributed by atoms with van der Waals surface area (Å²) in [4.78, 5) is 11.1. The number of hydrogen-bond acceptors (Lipinski definition) is 2. The van der Waals surface area contributed by atoms with Crippen LogP contribution in [0.4, 0.5) is 0 Å². The first-order valence-electron chi connectivity index (χ1n) is 6.34. The quantitative estimate of drug-likeness (QED) is 0.916. The van der Waals surface area contributed by atoms with Crippen LogP contribution in [0.5, 0.6) is 5.88 Å². The Labute approximate surface area is 111 Å². The van der Waals surface area contributed by atoms with E-state index in [1.807, 2.05) is 47.0 Å². The van der Waals surface area contributed by atoms with Gasteiger partial charge in [-0.15, -0.1) is 0 Å². The third-order valence-corrected chi connectivity index (χ3v) is 3.50. The molecule has 4 nitrogen and oxygen atoms in total. The second-order valence-corrected chi connectivity index (χ2v) is 4.70. The van der Waals surface area contributed by atoms with Crippen molar-refractivity contribution in [3.8, 4) is 5.88 Å². The van der Waals surface area contributed by atoms with Gasteiger partial charge in [0, 0.05) is 18.3 Å². The lowest BCUT2D eigenvalue weighted by molar-refractivity contribution is -0.138. The zero-order valence-corrected chi connectivity index (χ0v) is 10.5. The van der Waals surface area contributed by atoms with Crippen molar-refractivity contribution in [2.45, 2.75) is 25.5 Å². The minimum absolute atomic E-state index is 0.394. The lowest BCUT2D eigenvalue weighted by Gasteiger charge is -2.08. The fourth-order valence-electron chi connectivity index (χ4n) is 2.52. The maximum absolute atomic E-state index is 11.1. The summed E-state index contributed by atoms with van der Waals surface area (Å²) in [5, 5.41) is 9.12. The molecule has 0 saturated heterocycles. The topological polar surface area (TPSA) is 51.5 Å². The van der Waals surface area contributed by atoms with Crippen LogP contribution < -0.4 is 4.74 Å². The van der Waals surface area contributed by atoms with Crippen molar-refractivity contribution in [3.05, 3.63) is 53.7 Å². The highest BCUT2D eigenvalue weighted by Gasteiger charge is 2.30. The standard InChI is InChI=1S/C15H15NO3/c17-15(18)12-8-9-16-13(12)6-7-14(16)19-10-11-4-2-1-3-5-11/h1-7,12H,8-10H2,(H,17,18). The molecule has 98 valence electrons. The monoisotopic (exact) mass is 257 g/mol. The van der Waals surface area contributed by atoms with Gasteiger partial charge < -0.3 is 14.4 Å². The van der Waals surface area contributed by atoms with Gasteiger partial charge in [0.1, 0.15) is 6.61 Å². The first kappa shape index (κ1) is 11.8. The predicted octanol–water partition coefficient (Wildman–Crippen LogP) is 2.64. The Morgan fingerprint density at radius 1 is 1.26 bits per heavy atom. The van der Waals surface area contributed by atoms with Gasteiger partial charge in [0.25, 0.3) is 0 Å². The van der Waals surface area contributed by atoms with Gasteiger partial charge in [-0.1, -0.05) is 30.3 Å². The molecule has 0 aliphatic carbocycles. The van der Waals surface area contributed by atoms with E-state index in [2.05, 4.69) is 0 Å². The van der Waals surface area contributed by atoms with E-state index in [9.17, 15) is 4.79 Å². The zero-order chi connectivity index (χ0) is 13.2. The molecular weight excluding hydrogens is 242 g/mol. The summed E-state index contributed by atoms with van der Waals surface area (Å²) in [5.74, 6) is -0.400. The molecule has 0 radical (unpaired) electrons. The molecule has 0 amide bonds. The second-order valence-electron chi connectivity index (χ2n) is 4.70. The molecule has 0 fully saturated rings. The number of fused-ring (bicyclic) bond motifs is 1. The van der Waals surface area contributed by atoms with Gasteiger partial charge in [-0.3, -0.25) is 4.79 Å². The van der Waals surface area contributed by atoms with Crippen LogP contribution in [0.3, 0.4) is 0 Å².